The van der Waals surface area contributed by atoms with E-state index in [1.165, 1.54) is 0 Å². The summed E-state index contributed by atoms with van der Waals surface area (Å²) in [6, 6.07) is 0. The van der Waals surface area contributed by atoms with Crippen molar-refractivity contribution in [3.63, 3.8) is 0 Å². The summed E-state index contributed by atoms with van der Waals surface area (Å²) in [5, 5.41) is 11.3. The zero-order chi connectivity index (χ0) is 8.81. The smallest absolute Gasteiger partial charge is 0.223 e. The van der Waals surface area contributed by atoms with Gasteiger partial charge in [0.2, 0.25) is 5.91 Å². The van der Waals surface area contributed by atoms with E-state index in [1.807, 2.05) is 12.2 Å². The molecule has 3 nitrogen and oxygen atoms in total. The molecule has 0 heterocycles. The molecule has 3 heteroatoms. The van der Waals surface area contributed by atoms with Crippen LogP contribution in [-0.2, 0) is 4.79 Å². The van der Waals surface area contributed by atoms with Crippen LogP contribution in [0.5, 0.6) is 0 Å². The number of allylic oxidation sites excluding steroid dienone is 2. The molecule has 0 unspecified atom stereocenters. The molecule has 0 atom stereocenters. The third-order valence-corrected chi connectivity index (χ3v) is 2.01. The van der Waals surface area contributed by atoms with Crippen LogP contribution in [0, 0.1) is 5.92 Å². The fourth-order valence-electron chi connectivity index (χ4n) is 1.27. The Morgan fingerprint density at radius 2 is 2.17 bits per heavy atom. The van der Waals surface area contributed by atoms with Crippen molar-refractivity contribution in [3.8, 4) is 0 Å². The lowest BCUT2D eigenvalue weighted by Gasteiger charge is -2.09. The highest BCUT2D eigenvalue weighted by Gasteiger charge is 2.17. The largest absolute Gasteiger partial charge is 0.396 e. The van der Waals surface area contributed by atoms with Crippen LogP contribution >= 0.6 is 0 Å². The van der Waals surface area contributed by atoms with E-state index in [-0.39, 0.29) is 18.4 Å². The maximum atomic E-state index is 11.3. The molecule has 0 aromatic heterocycles. The van der Waals surface area contributed by atoms with Gasteiger partial charge in [0.25, 0.3) is 0 Å². The Kier molecular flexibility index (Phi) is 3.80. The third kappa shape index (κ3) is 2.66. The zero-order valence-electron chi connectivity index (χ0n) is 7.12. The topological polar surface area (TPSA) is 49.3 Å². The number of nitrogens with one attached hydrogen (secondary N) is 1. The standard InChI is InChI=1S/C9H15NO2/c11-7-3-6-10-9(12)8-4-1-2-5-8/h1-2,8,11H,3-7H2,(H,10,12). The van der Waals surface area contributed by atoms with Crippen LogP contribution in [-0.4, -0.2) is 24.2 Å². The lowest BCUT2D eigenvalue weighted by atomic mass is 10.1. The Hall–Kier alpha value is -0.830. The monoisotopic (exact) mass is 169 g/mol. The molecule has 68 valence electrons. The Morgan fingerprint density at radius 3 is 2.75 bits per heavy atom. The molecule has 0 fully saturated rings. The van der Waals surface area contributed by atoms with Gasteiger partial charge >= 0.3 is 0 Å². The first-order valence-electron chi connectivity index (χ1n) is 4.38. The highest BCUT2D eigenvalue weighted by molar-refractivity contribution is 5.79. The lowest BCUT2D eigenvalue weighted by Crippen LogP contribution is -2.30. The molecule has 1 rings (SSSR count). The van der Waals surface area contributed by atoms with E-state index >= 15 is 0 Å². The molecule has 0 spiro atoms. The molecule has 0 aromatic rings. The minimum atomic E-state index is 0.119. The molecule has 0 saturated heterocycles. The number of hydrogen-bond donors (Lipinski definition) is 2. The van der Waals surface area contributed by atoms with Crippen molar-refractivity contribution in [2.24, 2.45) is 5.92 Å². The molecule has 12 heavy (non-hydrogen) atoms. The van der Waals surface area contributed by atoms with E-state index < -0.39 is 0 Å². The summed E-state index contributed by atoms with van der Waals surface area (Å²) >= 11 is 0. The first-order chi connectivity index (χ1) is 5.84. The number of carbonyl (C=O) groups is 1. The van der Waals surface area contributed by atoms with Gasteiger partial charge in [-0.15, -0.1) is 0 Å². The Balaban J connectivity index is 2.11. The van der Waals surface area contributed by atoms with Crippen LogP contribution in [0.2, 0.25) is 0 Å². The fraction of sp³-hybridized carbons (Fsp3) is 0.667. The van der Waals surface area contributed by atoms with Crippen LogP contribution in [0.4, 0.5) is 0 Å². The van der Waals surface area contributed by atoms with Gasteiger partial charge in [-0.3, -0.25) is 4.79 Å². The molecule has 2 N–H and O–H groups in total. The van der Waals surface area contributed by atoms with Crippen molar-refractivity contribution in [3.05, 3.63) is 12.2 Å². The fourth-order valence-corrected chi connectivity index (χ4v) is 1.27. The summed E-state index contributed by atoms with van der Waals surface area (Å²) in [6.07, 6.45) is 6.45. The molecule has 0 aliphatic heterocycles. The number of hydrogen-bond acceptors (Lipinski definition) is 2. The summed E-state index contributed by atoms with van der Waals surface area (Å²) in [6.45, 7) is 0.731. The van der Waals surface area contributed by atoms with Crippen LogP contribution in [0.1, 0.15) is 19.3 Å². The van der Waals surface area contributed by atoms with E-state index in [1.54, 1.807) is 0 Å². The lowest BCUT2D eigenvalue weighted by molar-refractivity contribution is -0.124. The predicted molar refractivity (Wildman–Crippen MR) is 46.6 cm³/mol. The minimum Gasteiger partial charge on any atom is -0.396 e. The van der Waals surface area contributed by atoms with Gasteiger partial charge in [0.1, 0.15) is 0 Å². The van der Waals surface area contributed by atoms with Crippen LogP contribution in [0.25, 0.3) is 0 Å². The minimum absolute atomic E-state index is 0.119. The van der Waals surface area contributed by atoms with Gasteiger partial charge in [-0.25, -0.2) is 0 Å². The number of aliphatic hydroxyl groups excluding tert-OH is 1. The number of carbonyl (C=O) groups excluding carboxylic acids is 1. The van der Waals surface area contributed by atoms with E-state index in [9.17, 15) is 4.79 Å². The molecule has 0 radical (unpaired) electrons. The van der Waals surface area contributed by atoms with Gasteiger partial charge in [-0.1, -0.05) is 12.2 Å². The van der Waals surface area contributed by atoms with Crippen molar-refractivity contribution < 1.29 is 9.90 Å². The Bertz CT molecular complexity index is 169. The molecule has 1 aliphatic carbocycles. The Morgan fingerprint density at radius 1 is 1.50 bits per heavy atom. The highest BCUT2D eigenvalue weighted by atomic mass is 16.3. The summed E-state index contributed by atoms with van der Waals surface area (Å²) in [5.74, 6) is 0.261. The van der Waals surface area contributed by atoms with Gasteiger partial charge in [0.05, 0.1) is 0 Å². The van der Waals surface area contributed by atoms with E-state index in [0.29, 0.717) is 13.0 Å². The average molecular weight is 169 g/mol. The van der Waals surface area contributed by atoms with Gasteiger partial charge in [-0.05, 0) is 19.3 Å². The highest BCUT2D eigenvalue weighted by Crippen LogP contribution is 2.17. The summed E-state index contributed by atoms with van der Waals surface area (Å²) in [4.78, 5) is 11.3. The number of amides is 1. The van der Waals surface area contributed by atoms with Crippen molar-refractivity contribution in [2.75, 3.05) is 13.2 Å². The average Bonchev–Trinajstić information content (AvgIpc) is 2.56. The van der Waals surface area contributed by atoms with E-state index in [4.69, 9.17) is 5.11 Å². The normalized spacial score (nSPS) is 16.8. The van der Waals surface area contributed by atoms with Crippen LogP contribution < -0.4 is 5.32 Å². The van der Waals surface area contributed by atoms with Gasteiger partial charge in [0.15, 0.2) is 0 Å². The second kappa shape index (κ2) is 4.93. The molecule has 0 bridgehead atoms. The Labute approximate surface area is 72.5 Å². The summed E-state index contributed by atoms with van der Waals surface area (Å²) < 4.78 is 0. The molecular weight excluding hydrogens is 154 g/mol. The van der Waals surface area contributed by atoms with Crippen molar-refractivity contribution in [1.29, 1.82) is 0 Å². The number of rotatable bonds is 4. The SMILES string of the molecule is O=C(NCCCO)C1CC=CC1. The summed E-state index contributed by atoms with van der Waals surface area (Å²) in [7, 11) is 0. The summed E-state index contributed by atoms with van der Waals surface area (Å²) in [5.41, 5.74) is 0. The second-order valence-electron chi connectivity index (χ2n) is 3.01. The molecule has 1 amide bonds. The van der Waals surface area contributed by atoms with Gasteiger partial charge < -0.3 is 10.4 Å². The van der Waals surface area contributed by atoms with E-state index in [2.05, 4.69) is 5.32 Å². The first-order valence-corrected chi connectivity index (χ1v) is 4.38. The van der Waals surface area contributed by atoms with Crippen molar-refractivity contribution in [2.45, 2.75) is 19.3 Å². The van der Waals surface area contributed by atoms with Crippen LogP contribution in [0.3, 0.4) is 0 Å². The van der Waals surface area contributed by atoms with Gasteiger partial charge in [-0.2, -0.15) is 0 Å². The zero-order valence-corrected chi connectivity index (χ0v) is 7.12. The van der Waals surface area contributed by atoms with Crippen LogP contribution in [0.15, 0.2) is 12.2 Å². The first kappa shape index (κ1) is 9.26. The number of aliphatic hydroxyl groups is 1. The van der Waals surface area contributed by atoms with Crippen molar-refractivity contribution in [1.82, 2.24) is 5.32 Å². The van der Waals surface area contributed by atoms with Crippen molar-refractivity contribution >= 4 is 5.91 Å². The molecule has 0 aromatic carbocycles. The molecule has 0 saturated carbocycles. The maximum Gasteiger partial charge on any atom is 0.223 e. The third-order valence-electron chi connectivity index (χ3n) is 2.01. The molecular formula is C9H15NO2. The predicted octanol–water partition coefficient (Wildman–Crippen LogP) is 0.451. The quantitative estimate of drug-likeness (QED) is 0.474. The van der Waals surface area contributed by atoms with Gasteiger partial charge in [0, 0.05) is 19.1 Å². The second-order valence-corrected chi connectivity index (χ2v) is 3.01. The maximum absolute atomic E-state index is 11.3. The molecule has 1 aliphatic rings. The van der Waals surface area contributed by atoms with E-state index in [0.717, 1.165) is 12.8 Å².